The van der Waals surface area contributed by atoms with E-state index < -0.39 is 12.2 Å². The zero-order valence-electron chi connectivity index (χ0n) is 19.5. The quantitative estimate of drug-likeness (QED) is 0.611. The molecule has 0 radical (unpaired) electrons. The molecular formula is C27H40O4. The summed E-state index contributed by atoms with van der Waals surface area (Å²) in [6, 6.07) is 0. The summed E-state index contributed by atoms with van der Waals surface area (Å²) in [6.07, 6.45) is 12.3. The predicted molar refractivity (Wildman–Crippen MR) is 122 cm³/mol. The molecule has 0 amide bonds. The minimum atomic E-state index is -0.630. The molecule has 1 heterocycles. The van der Waals surface area contributed by atoms with Gasteiger partial charge in [-0.05, 0) is 85.7 Å². The van der Waals surface area contributed by atoms with E-state index >= 15 is 0 Å². The molecule has 2 N–H and O–H groups in total. The second kappa shape index (κ2) is 8.86. The van der Waals surface area contributed by atoms with Crippen LogP contribution in [0.15, 0.2) is 35.5 Å². The van der Waals surface area contributed by atoms with Crippen molar-refractivity contribution < 1.29 is 19.7 Å². The summed E-state index contributed by atoms with van der Waals surface area (Å²) in [5, 5.41) is 20.2. The molecule has 0 aromatic heterocycles. The van der Waals surface area contributed by atoms with Crippen LogP contribution < -0.4 is 0 Å². The largest absolute Gasteiger partial charge is 0.462 e. The van der Waals surface area contributed by atoms with Crippen LogP contribution in [0.5, 0.6) is 0 Å². The van der Waals surface area contributed by atoms with Crippen LogP contribution in [0.1, 0.15) is 78.6 Å². The topological polar surface area (TPSA) is 66.8 Å². The monoisotopic (exact) mass is 428 g/mol. The number of rotatable bonds is 4. The first kappa shape index (κ1) is 22.8. The van der Waals surface area contributed by atoms with E-state index in [1.807, 2.05) is 6.92 Å². The Morgan fingerprint density at radius 2 is 2.03 bits per heavy atom. The fraction of sp³-hybridized carbons (Fsp3) is 0.741. The lowest BCUT2D eigenvalue weighted by atomic mass is 9.60. The highest BCUT2D eigenvalue weighted by molar-refractivity contribution is 5.74. The third kappa shape index (κ3) is 4.43. The lowest BCUT2D eigenvalue weighted by molar-refractivity contribution is -0.144. The molecular weight excluding hydrogens is 388 g/mol. The molecule has 0 spiro atoms. The van der Waals surface area contributed by atoms with Crippen molar-refractivity contribution in [2.75, 3.05) is 0 Å². The SMILES string of the molecule is C=C1/C(=C\C=C2/CCC[C@]3(C)[C@@H]([C@H](C)C[C@H]4C[C@H](C)C(=O)O4)CC[C@@H]23)C[C@@H](O)C[C@@H]1O. The highest BCUT2D eigenvalue weighted by Crippen LogP contribution is 2.60. The summed E-state index contributed by atoms with van der Waals surface area (Å²) < 4.78 is 5.62. The van der Waals surface area contributed by atoms with Gasteiger partial charge in [-0.25, -0.2) is 0 Å². The molecule has 4 rings (SSSR count). The van der Waals surface area contributed by atoms with E-state index in [1.54, 1.807) is 0 Å². The summed E-state index contributed by atoms with van der Waals surface area (Å²) in [7, 11) is 0. The van der Waals surface area contributed by atoms with Gasteiger partial charge in [-0.1, -0.05) is 45.1 Å². The Morgan fingerprint density at radius 1 is 1.26 bits per heavy atom. The number of ether oxygens (including phenoxy) is 1. The average Bonchev–Trinajstić information content (AvgIpc) is 3.22. The van der Waals surface area contributed by atoms with E-state index in [1.165, 1.54) is 31.3 Å². The van der Waals surface area contributed by atoms with E-state index in [0.29, 0.717) is 36.0 Å². The minimum Gasteiger partial charge on any atom is -0.462 e. The van der Waals surface area contributed by atoms with Gasteiger partial charge in [0.15, 0.2) is 0 Å². The molecule has 4 aliphatic rings. The molecule has 3 saturated carbocycles. The minimum absolute atomic E-state index is 0.0248. The van der Waals surface area contributed by atoms with Crippen LogP contribution in [0.4, 0.5) is 0 Å². The third-order valence-electron chi connectivity index (χ3n) is 8.93. The first-order valence-corrected chi connectivity index (χ1v) is 12.3. The van der Waals surface area contributed by atoms with Crippen molar-refractivity contribution in [3.05, 3.63) is 35.5 Å². The summed E-state index contributed by atoms with van der Waals surface area (Å²) in [4.78, 5) is 11.8. The average molecular weight is 429 g/mol. The van der Waals surface area contributed by atoms with Crippen molar-refractivity contribution in [1.29, 1.82) is 0 Å². The maximum atomic E-state index is 11.8. The van der Waals surface area contributed by atoms with Gasteiger partial charge < -0.3 is 14.9 Å². The number of allylic oxidation sites excluding steroid dienone is 3. The fourth-order valence-electron chi connectivity index (χ4n) is 7.22. The van der Waals surface area contributed by atoms with E-state index in [2.05, 4.69) is 32.6 Å². The van der Waals surface area contributed by atoms with Crippen LogP contribution in [-0.4, -0.2) is 34.5 Å². The van der Waals surface area contributed by atoms with Crippen LogP contribution in [0.3, 0.4) is 0 Å². The molecule has 8 atom stereocenters. The zero-order valence-corrected chi connectivity index (χ0v) is 19.5. The lowest BCUT2D eigenvalue weighted by Gasteiger charge is -2.44. The Morgan fingerprint density at radius 3 is 2.74 bits per heavy atom. The number of fused-ring (bicyclic) bond motifs is 1. The van der Waals surface area contributed by atoms with Crippen molar-refractivity contribution in [3.8, 4) is 0 Å². The summed E-state index contributed by atoms with van der Waals surface area (Å²) in [6.45, 7) is 10.9. The maximum absolute atomic E-state index is 11.8. The fourth-order valence-corrected chi connectivity index (χ4v) is 7.22. The van der Waals surface area contributed by atoms with Gasteiger partial charge in [0.25, 0.3) is 0 Å². The molecule has 31 heavy (non-hydrogen) atoms. The van der Waals surface area contributed by atoms with Gasteiger partial charge in [0.05, 0.1) is 18.1 Å². The summed E-state index contributed by atoms with van der Waals surface area (Å²) in [5.74, 6) is 1.84. The van der Waals surface area contributed by atoms with Crippen molar-refractivity contribution >= 4 is 5.97 Å². The van der Waals surface area contributed by atoms with Crippen LogP contribution in [0.2, 0.25) is 0 Å². The van der Waals surface area contributed by atoms with Crippen molar-refractivity contribution in [2.45, 2.75) is 96.9 Å². The van der Waals surface area contributed by atoms with Crippen LogP contribution in [0, 0.1) is 29.1 Å². The van der Waals surface area contributed by atoms with E-state index in [9.17, 15) is 15.0 Å². The third-order valence-corrected chi connectivity index (χ3v) is 8.93. The van der Waals surface area contributed by atoms with E-state index in [4.69, 9.17) is 4.74 Å². The molecule has 0 unspecified atom stereocenters. The zero-order chi connectivity index (χ0) is 22.3. The molecule has 4 fully saturated rings. The van der Waals surface area contributed by atoms with Crippen LogP contribution in [-0.2, 0) is 9.53 Å². The number of aliphatic hydroxyl groups excluding tert-OH is 2. The number of esters is 1. The molecule has 1 saturated heterocycles. The highest BCUT2D eigenvalue weighted by atomic mass is 16.5. The van der Waals surface area contributed by atoms with Gasteiger partial charge in [0.2, 0.25) is 0 Å². The lowest BCUT2D eigenvalue weighted by Crippen LogP contribution is -2.36. The van der Waals surface area contributed by atoms with Gasteiger partial charge in [-0.3, -0.25) is 4.79 Å². The summed E-state index contributed by atoms with van der Waals surface area (Å²) in [5.41, 5.74) is 3.59. The number of aliphatic hydroxyl groups is 2. The molecule has 3 aliphatic carbocycles. The molecule has 0 aromatic carbocycles. The molecule has 4 nitrogen and oxygen atoms in total. The predicted octanol–water partition coefficient (Wildman–Crippen LogP) is 5.11. The highest BCUT2D eigenvalue weighted by Gasteiger charge is 2.51. The van der Waals surface area contributed by atoms with Gasteiger partial charge in [0, 0.05) is 6.42 Å². The molecule has 172 valence electrons. The smallest absolute Gasteiger partial charge is 0.309 e. The maximum Gasteiger partial charge on any atom is 0.309 e. The molecule has 0 bridgehead atoms. The van der Waals surface area contributed by atoms with Crippen molar-refractivity contribution in [2.24, 2.45) is 29.1 Å². The van der Waals surface area contributed by atoms with Gasteiger partial charge in [-0.15, -0.1) is 0 Å². The first-order chi connectivity index (χ1) is 14.7. The second-order valence-corrected chi connectivity index (χ2v) is 11.1. The number of carbonyl (C=O) groups is 1. The molecule has 4 heteroatoms. The van der Waals surface area contributed by atoms with Crippen molar-refractivity contribution in [3.63, 3.8) is 0 Å². The van der Waals surface area contributed by atoms with Crippen molar-refractivity contribution in [1.82, 2.24) is 0 Å². The summed E-state index contributed by atoms with van der Waals surface area (Å²) >= 11 is 0. The van der Waals surface area contributed by atoms with Gasteiger partial charge >= 0.3 is 5.97 Å². The Balaban J connectivity index is 1.47. The Bertz CT molecular complexity index is 780. The standard InChI is InChI=1S/C27H40O4/c1-16(12-22-13-17(2)26(30)31-22)23-9-10-24-19(6-5-11-27(23,24)4)7-8-20-14-21(28)15-25(29)18(20)3/h7-8,16-17,21-25,28-29H,3,5-6,9-15H2,1-2,4H3/b19-7+,20-8-/t16-,17+,21-,22+,23-,24+,25+,27-/m1/s1. The Kier molecular flexibility index (Phi) is 6.52. The molecule has 0 aromatic rings. The van der Waals surface area contributed by atoms with Gasteiger partial charge in [-0.2, -0.15) is 0 Å². The van der Waals surface area contributed by atoms with Gasteiger partial charge in [0.1, 0.15) is 6.10 Å². The van der Waals surface area contributed by atoms with Crippen LogP contribution >= 0.6 is 0 Å². The van der Waals surface area contributed by atoms with E-state index in [0.717, 1.165) is 30.4 Å². The second-order valence-electron chi connectivity index (χ2n) is 11.1. The Labute approximate surface area is 187 Å². The van der Waals surface area contributed by atoms with E-state index in [-0.39, 0.29) is 18.0 Å². The number of carbonyl (C=O) groups excluding carboxylic acids is 1. The first-order valence-electron chi connectivity index (χ1n) is 12.3. The normalized spacial score (nSPS) is 44.5. The Hall–Kier alpha value is -1.39. The number of hydrogen-bond acceptors (Lipinski definition) is 4. The number of cyclic esters (lactones) is 1. The molecule has 1 aliphatic heterocycles. The number of hydrogen-bond donors (Lipinski definition) is 2. The van der Waals surface area contributed by atoms with Crippen LogP contribution in [0.25, 0.3) is 0 Å².